The molecule has 2 aromatic rings. The van der Waals surface area contributed by atoms with Gasteiger partial charge in [0.25, 0.3) is 10.1 Å². The molecule has 1 aromatic carbocycles. The highest BCUT2D eigenvalue weighted by Gasteiger charge is 2.41. The summed E-state index contributed by atoms with van der Waals surface area (Å²) in [4.78, 5) is 0. The molecule has 0 fully saturated rings. The molecule has 10 heteroatoms. The Balaban J connectivity index is 2.49. The summed E-state index contributed by atoms with van der Waals surface area (Å²) in [7, 11) is -3.79. The molecule has 0 amide bonds. The van der Waals surface area contributed by atoms with Crippen LogP contribution in [0, 0.1) is 0 Å². The van der Waals surface area contributed by atoms with Crippen LogP contribution in [0.1, 0.15) is 12.5 Å². The van der Waals surface area contributed by atoms with Crippen molar-refractivity contribution in [1.82, 2.24) is 15.0 Å². The van der Waals surface area contributed by atoms with Crippen molar-refractivity contribution in [3.05, 3.63) is 46.2 Å². The van der Waals surface area contributed by atoms with Gasteiger partial charge in [-0.1, -0.05) is 34.5 Å². The van der Waals surface area contributed by atoms with E-state index in [0.717, 1.165) is 6.26 Å². The van der Waals surface area contributed by atoms with Crippen LogP contribution in [-0.4, -0.2) is 40.9 Å². The zero-order valence-corrected chi connectivity index (χ0v) is 14.7. The number of hydrogen-bond acceptors (Lipinski definition) is 6. The maximum Gasteiger partial charge on any atom is 0.264 e. The Kier molecular flexibility index (Phi) is 5.32. The molecule has 1 heterocycles. The molecular formula is C13H15Cl2N3O4S. The average molecular weight is 380 g/mol. The smallest absolute Gasteiger partial charge is 0.264 e. The van der Waals surface area contributed by atoms with Gasteiger partial charge in [-0.3, -0.25) is 4.18 Å². The molecule has 0 saturated heterocycles. The largest absolute Gasteiger partial charge is 0.380 e. The lowest BCUT2D eigenvalue weighted by Crippen LogP contribution is -2.44. The summed E-state index contributed by atoms with van der Waals surface area (Å²) < 4.78 is 29.2. The van der Waals surface area contributed by atoms with Crippen LogP contribution in [0.3, 0.4) is 0 Å². The van der Waals surface area contributed by atoms with E-state index in [4.69, 9.17) is 27.4 Å². The van der Waals surface area contributed by atoms with Crippen molar-refractivity contribution in [2.45, 2.75) is 25.2 Å². The summed E-state index contributed by atoms with van der Waals surface area (Å²) in [5, 5.41) is 19.2. The van der Waals surface area contributed by atoms with Crippen LogP contribution in [-0.2, 0) is 26.4 Å². The minimum Gasteiger partial charge on any atom is -0.380 e. The van der Waals surface area contributed by atoms with E-state index in [9.17, 15) is 13.5 Å². The van der Waals surface area contributed by atoms with Crippen LogP contribution in [0.5, 0.6) is 0 Å². The van der Waals surface area contributed by atoms with E-state index in [-0.39, 0.29) is 17.1 Å². The molecule has 0 aliphatic rings. The maximum absolute atomic E-state index is 11.4. The Morgan fingerprint density at radius 3 is 2.65 bits per heavy atom. The molecule has 2 rings (SSSR count). The van der Waals surface area contributed by atoms with Gasteiger partial charge in [-0.05, 0) is 19.1 Å². The average Bonchev–Trinajstić information content (AvgIpc) is 2.88. The molecule has 0 aliphatic heterocycles. The SMILES string of the molecule is CC(OS(C)(=O)=O)C(O)(Cn1ccnn1)c1ccc(Cl)cc1Cl. The Hall–Kier alpha value is -1.19. The van der Waals surface area contributed by atoms with Crippen molar-refractivity contribution >= 4 is 33.3 Å². The van der Waals surface area contributed by atoms with Gasteiger partial charge in [-0.15, -0.1) is 5.10 Å². The van der Waals surface area contributed by atoms with Gasteiger partial charge in [0.2, 0.25) is 0 Å². The van der Waals surface area contributed by atoms with Crippen molar-refractivity contribution in [3.8, 4) is 0 Å². The Labute approximate surface area is 143 Å². The molecule has 2 unspecified atom stereocenters. The Morgan fingerprint density at radius 2 is 2.13 bits per heavy atom. The Morgan fingerprint density at radius 1 is 1.43 bits per heavy atom. The predicted molar refractivity (Wildman–Crippen MR) is 85.8 cm³/mol. The molecule has 23 heavy (non-hydrogen) atoms. The zero-order valence-electron chi connectivity index (χ0n) is 12.3. The highest BCUT2D eigenvalue weighted by Crippen LogP contribution is 2.36. The third kappa shape index (κ3) is 4.42. The van der Waals surface area contributed by atoms with E-state index in [1.807, 2.05) is 0 Å². The van der Waals surface area contributed by atoms with Gasteiger partial charge in [-0.2, -0.15) is 8.42 Å². The summed E-state index contributed by atoms with van der Waals surface area (Å²) in [5.41, 5.74) is -1.49. The van der Waals surface area contributed by atoms with Crippen LogP contribution in [0.15, 0.2) is 30.6 Å². The normalized spacial score (nSPS) is 16.0. The van der Waals surface area contributed by atoms with Crippen molar-refractivity contribution in [2.75, 3.05) is 6.26 Å². The summed E-state index contributed by atoms with van der Waals surface area (Å²) in [6.07, 6.45) is 2.75. The van der Waals surface area contributed by atoms with Crippen LogP contribution in [0.25, 0.3) is 0 Å². The fourth-order valence-corrected chi connectivity index (χ4v) is 3.43. The van der Waals surface area contributed by atoms with Gasteiger partial charge in [0.15, 0.2) is 0 Å². The second-order valence-electron chi connectivity index (χ2n) is 5.09. The monoisotopic (exact) mass is 379 g/mol. The van der Waals surface area contributed by atoms with E-state index in [2.05, 4.69) is 10.3 Å². The van der Waals surface area contributed by atoms with Gasteiger partial charge < -0.3 is 5.11 Å². The third-order valence-electron chi connectivity index (χ3n) is 3.26. The summed E-state index contributed by atoms with van der Waals surface area (Å²) in [6, 6.07) is 4.52. The first-order chi connectivity index (χ1) is 10.6. The number of aliphatic hydroxyl groups is 1. The molecule has 7 nitrogen and oxygen atoms in total. The second-order valence-corrected chi connectivity index (χ2v) is 7.54. The number of benzene rings is 1. The summed E-state index contributed by atoms with van der Waals surface area (Å²) in [6.45, 7) is 1.33. The molecule has 1 aromatic heterocycles. The van der Waals surface area contributed by atoms with Gasteiger partial charge in [0.05, 0.1) is 19.0 Å². The highest BCUT2D eigenvalue weighted by atomic mass is 35.5. The quantitative estimate of drug-likeness (QED) is 0.769. The topological polar surface area (TPSA) is 94.3 Å². The van der Waals surface area contributed by atoms with E-state index < -0.39 is 21.8 Å². The maximum atomic E-state index is 11.4. The lowest BCUT2D eigenvalue weighted by atomic mass is 9.88. The fourth-order valence-electron chi connectivity index (χ4n) is 2.18. The van der Waals surface area contributed by atoms with Crippen LogP contribution in [0.4, 0.5) is 0 Å². The molecule has 0 bridgehead atoms. The van der Waals surface area contributed by atoms with Gasteiger partial charge in [0.1, 0.15) is 11.7 Å². The zero-order chi connectivity index (χ0) is 17.3. The first-order valence-corrected chi connectivity index (χ1v) is 9.09. The van der Waals surface area contributed by atoms with E-state index in [1.54, 1.807) is 6.07 Å². The summed E-state index contributed by atoms with van der Waals surface area (Å²) in [5.74, 6) is 0. The standard InChI is InChI=1S/C13H15Cl2N3O4S/c1-9(22-23(2,20)21)13(19,8-18-6-5-16-17-18)11-4-3-10(14)7-12(11)15/h3-7,9,19H,8H2,1-2H3. The number of rotatable bonds is 6. The van der Waals surface area contributed by atoms with Crippen LogP contribution < -0.4 is 0 Å². The third-order valence-corrected chi connectivity index (χ3v) is 4.45. The molecule has 0 spiro atoms. The van der Waals surface area contributed by atoms with Crippen molar-refractivity contribution in [2.24, 2.45) is 0 Å². The van der Waals surface area contributed by atoms with Gasteiger partial charge in [0, 0.05) is 21.8 Å². The lowest BCUT2D eigenvalue weighted by molar-refractivity contribution is -0.0713. The highest BCUT2D eigenvalue weighted by molar-refractivity contribution is 7.86. The second kappa shape index (κ2) is 6.74. The van der Waals surface area contributed by atoms with Gasteiger partial charge >= 0.3 is 0 Å². The first-order valence-electron chi connectivity index (χ1n) is 6.52. The first kappa shape index (κ1) is 18.2. The molecule has 0 saturated carbocycles. The van der Waals surface area contributed by atoms with Crippen molar-refractivity contribution in [1.29, 1.82) is 0 Å². The minimum atomic E-state index is -3.79. The number of hydrogen-bond donors (Lipinski definition) is 1. The van der Waals surface area contributed by atoms with E-state index >= 15 is 0 Å². The fraction of sp³-hybridized carbons (Fsp3) is 0.385. The molecule has 126 valence electrons. The van der Waals surface area contributed by atoms with E-state index in [1.165, 1.54) is 36.1 Å². The van der Waals surface area contributed by atoms with Crippen LogP contribution in [0.2, 0.25) is 10.0 Å². The van der Waals surface area contributed by atoms with Gasteiger partial charge in [-0.25, -0.2) is 4.68 Å². The summed E-state index contributed by atoms with van der Waals surface area (Å²) >= 11 is 12.0. The number of nitrogens with zero attached hydrogens (tertiary/aromatic N) is 3. The lowest BCUT2D eigenvalue weighted by Gasteiger charge is -2.34. The van der Waals surface area contributed by atoms with E-state index in [0.29, 0.717) is 5.02 Å². The molecule has 0 radical (unpaired) electrons. The minimum absolute atomic E-state index is 0.106. The molecule has 0 aliphatic carbocycles. The molecule has 2 atom stereocenters. The van der Waals surface area contributed by atoms with Crippen molar-refractivity contribution in [3.63, 3.8) is 0 Å². The Bertz CT molecular complexity index is 783. The predicted octanol–water partition coefficient (Wildman–Crippen LogP) is 1.84. The molecule has 1 N–H and O–H groups in total. The van der Waals surface area contributed by atoms with Crippen LogP contribution >= 0.6 is 23.2 Å². The number of halogens is 2. The molecular weight excluding hydrogens is 365 g/mol. The number of aromatic nitrogens is 3. The van der Waals surface area contributed by atoms with Crippen molar-refractivity contribution < 1.29 is 17.7 Å².